The van der Waals surface area contributed by atoms with E-state index in [0.717, 1.165) is 32.8 Å². The maximum atomic E-state index is 11.7. The van der Waals surface area contributed by atoms with E-state index in [1.165, 1.54) is 12.1 Å². The molecule has 1 saturated heterocycles. The number of phenols is 1. The Hall–Kier alpha value is -2.05. The quantitative estimate of drug-likeness (QED) is 0.416. The van der Waals surface area contributed by atoms with Crippen LogP contribution >= 0.6 is 0 Å². The number of anilines is 1. The molecule has 1 aromatic rings. The van der Waals surface area contributed by atoms with Crippen molar-refractivity contribution in [3.05, 3.63) is 29.8 Å². The summed E-state index contributed by atoms with van der Waals surface area (Å²) < 4.78 is 5.26. The van der Waals surface area contributed by atoms with Crippen LogP contribution in [0.5, 0.6) is 5.75 Å². The van der Waals surface area contributed by atoms with Crippen molar-refractivity contribution in [3.8, 4) is 5.75 Å². The minimum Gasteiger partial charge on any atom is -0.507 e. The second kappa shape index (κ2) is 7.66. The van der Waals surface area contributed by atoms with Gasteiger partial charge in [-0.15, -0.1) is 0 Å². The fraction of sp³-hybridized carbons (Fsp3) is 0.400. The van der Waals surface area contributed by atoms with Crippen molar-refractivity contribution in [1.82, 2.24) is 10.2 Å². The van der Waals surface area contributed by atoms with E-state index in [2.05, 4.69) is 10.2 Å². The van der Waals surface area contributed by atoms with E-state index in [9.17, 15) is 9.90 Å². The Labute approximate surface area is 124 Å². The van der Waals surface area contributed by atoms with Gasteiger partial charge < -0.3 is 20.9 Å². The van der Waals surface area contributed by atoms with Gasteiger partial charge in [0.1, 0.15) is 5.75 Å². The molecule has 0 bridgehead atoms. The molecule has 1 aliphatic rings. The standard InChI is InChI=1S/C15H21N3O3/c16-13-2-3-14(19)12(11-13)1-4-15(20)17-5-6-18-7-9-21-10-8-18/h1-4,11,19H,5-10,16H2,(H,17,20)/b4-1+. The topological polar surface area (TPSA) is 87.8 Å². The summed E-state index contributed by atoms with van der Waals surface area (Å²) in [5.41, 5.74) is 6.70. The van der Waals surface area contributed by atoms with E-state index < -0.39 is 0 Å². The summed E-state index contributed by atoms with van der Waals surface area (Å²) in [5.74, 6) is -0.0911. The third-order valence-electron chi connectivity index (χ3n) is 3.30. The number of nitrogens with one attached hydrogen (secondary N) is 1. The molecule has 114 valence electrons. The predicted molar refractivity (Wildman–Crippen MR) is 81.8 cm³/mol. The molecule has 6 nitrogen and oxygen atoms in total. The van der Waals surface area contributed by atoms with Crippen LogP contribution < -0.4 is 11.1 Å². The van der Waals surface area contributed by atoms with Crippen LogP contribution in [0.15, 0.2) is 24.3 Å². The smallest absolute Gasteiger partial charge is 0.244 e. The van der Waals surface area contributed by atoms with Gasteiger partial charge in [0.15, 0.2) is 0 Å². The molecular formula is C15H21N3O3. The van der Waals surface area contributed by atoms with Crippen molar-refractivity contribution in [3.63, 3.8) is 0 Å². The third kappa shape index (κ3) is 5.09. The number of rotatable bonds is 5. The summed E-state index contributed by atoms with van der Waals surface area (Å²) in [5, 5.41) is 12.5. The number of nitrogens with two attached hydrogens (primary N) is 1. The molecule has 1 heterocycles. The van der Waals surface area contributed by atoms with Crippen LogP contribution in [0.1, 0.15) is 5.56 Å². The molecule has 4 N–H and O–H groups in total. The molecule has 6 heteroatoms. The monoisotopic (exact) mass is 291 g/mol. The molecule has 21 heavy (non-hydrogen) atoms. The lowest BCUT2D eigenvalue weighted by Gasteiger charge is -2.26. The average Bonchev–Trinajstić information content (AvgIpc) is 2.49. The van der Waals surface area contributed by atoms with Crippen molar-refractivity contribution in [2.24, 2.45) is 0 Å². The Bertz CT molecular complexity index is 511. The van der Waals surface area contributed by atoms with Gasteiger partial charge in [-0.25, -0.2) is 0 Å². The molecule has 0 unspecified atom stereocenters. The summed E-state index contributed by atoms with van der Waals surface area (Å²) in [7, 11) is 0. The summed E-state index contributed by atoms with van der Waals surface area (Å²) >= 11 is 0. The molecule has 1 fully saturated rings. The second-order valence-corrected chi connectivity index (χ2v) is 4.90. The molecule has 1 aliphatic heterocycles. The first-order valence-electron chi connectivity index (χ1n) is 6.99. The zero-order valence-corrected chi connectivity index (χ0v) is 11.9. The van der Waals surface area contributed by atoms with Gasteiger partial charge in [0.2, 0.25) is 5.91 Å². The summed E-state index contributed by atoms with van der Waals surface area (Å²) in [4.78, 5) is 13.9. The SMILES string of the molecule is Nc1ccc(O)c(/C=C/C(=O)NCCN2CCOCC2)c1. The van der Waals surface area contributed by atoms with Gasteiger partial charge in [0.25, 0.3) is 0 Å². The largest absolute Gasteiger partial charge is 0.507 e. The highest BCUT2D eigenvalue weighted by Gasteiger charge is 2.09. The van der Waals surface area contributed by atoms with E-state index in [0.29, 0.717) is 17.8 Å². The van der Waals surface area contributed by atoms with Gasteiger partial charge in [-0.05, 0) is 24.3 Å². The highest BCUT2D eigenvalue weighted by atomic mass is 16.5. The summed E-state index contributed by atoms with van der Waals surface area (Å²) in [6, 6.07) is 4.73. The molecule has 0 spiro atoms. The van der Waals surface area contributed by atoms with E-state index in [1.807, 2.05) is 0 Å². The predicted octanol–water partition coefficient (Wildman–Crippen LogP) is 0.436. The number of nitrogens with zero attached hydrogens (tertiary/aromatic N) is 1. The lowest BCUT2D eigenvalue weighted by molar-refractivity contribution is -0.116. The number of amides is 1. The van der Waals surface area contributed by atoms with Crippen molar-refractivity contribution < 1.29 is 14.6 Å². The third-order valence-corrected chi connectivity index (χ3v) is 3.30. The lowest BCUT2D eigenvalue weighted by atomic mass is 10.1. The fourth-order valence-corrected chi connectivity index (χ4v) is 2.09. The number of aromatic hydroxyl groups is 1. The van der Waals surface area contributed by atoms with Crippen molar-refractivity contribution in [2.75, 3.05) is 45.1 Å². The van der Waals surface area contributed by atoms with Crippen LogP contribution in [-0.2, 0) is 9.53 Å². The van der Waals surface area contributed by atoms with E-state index in [1.54, 1.807) is 18.2 Å². The molecule has 0 saturated carbocycles. The van der Waals surface area contributed by atoms with Crippen LogP contribution in [0.3, 0.4) is 0 Å². The molecule has 0 aromatic heterocycles. The molecule has 0 radical (unpaired) electrons. The number of hydrogen-bond acceptors (Lipinski definition) is 5. The molecule has 1 amide bonds. The number of phenolic OH excluding ortho intramolecular Hbond substituents is 1. The van der Waals surface area contributed by atoms with Gasteiger partial charge in [-0.1, -0.05) is 0 Å². The zero-order chi connectivity index (χ0) is 15.1. The van der Waals surface area contributed by atoms with Gasteiger partial charge in [-0.3, -0.25) is 9.69 Å². The maximum absolute atomic E-state index is 11.7. The van der Waals surface area contributed by atoms with Gasteiger partial charge >= 0.3 is 0 Å². The first-order chi connectivity index (χ1) is 10.1. The lowest BCUT2D eigenvalue weighted by Crippen LogP contribution is -2.41. The minimum atomic E-state index is -0.190. The highest BCUT2D eigenvalue weighted by Crippen LogP contribution is 2.20. The van der Waals surface area contributed by atoms with E-state index >= 15 is 0 Å². The van der Waals surface area contributed by atoms with E-state index in [-0.39, 0.29) is 11.7 Å². The summed E-state index contributed by atoms with van der Waals surface area (Å²) in [6.07, 6.45) is 2.95. The van der Waals surface area contributed by atoms with Crippen LogP contribution in [0.25, 0.3) is 6.08 Å². The Morgan fingerprint density at radius 2 is 2.19 bits per heavy atom. The molecule has 0 aliphatic carbocycles. The number of ether oxygens (including phenoxy) is 1. The van der Waals surface area contributed by atoms with Gasteiger partial charge in [0, 0.05) is 43.5 Å². The summed E-state index contributed by atoms with van der Waals surface area (Å²) in [6.45, 7) is 4.72. The van der Waals surface area contributed by atoms with Crippen LogP contribution in [0.4, 0.5) is 5.69 Å². The van der Waals surface area contributed by atoms with Gasteiger partial charge in [0.05, 0.1) is 13.2 Å². The number of carbonyl (C=O) groups is 1. The Kier molecular flexibility index (Phi) is 5.59. The molecule has 2 rings (SSSR count). The second-order valence-electron chi connectivity index (χ2n) is 4.90. The van der Waals surface area contributed by atoms with Crippen LogP contribution in [-0.4, -0.2) is 55.3 Å². The number of carbonyl (C=O) groups excluding carboxylic acids is 1. The first kappa shape index (κ1) is 15.3. The normalized spacial score (nSPS) is 16.2. The fourth-order valence-electron chi connectivity index (χ4n) is 2.09. The Balaban J connectivity index is 1.75. The number of nitrogen functional groups attached to an aromatic ring is 1. The molecule has 0 atom stereocenters. The Morgan fingerprint density at radius 3 is 2.95 bits per heavy atom. The van der Waals surface area contributed by atoms with Crippen LogP contribution in [0.2, 0.25) is 0 Å². The van der Waals surface area contributed by atoms with E-state index in [4.69, 9.17) is 10.5 Å². The minimum absolute atomic E-state index is 0.0987. The van der Waals surface area contributed by atoms with Gasteiger partial charge in [-0.2, -0.15) is 0 Å². The number of benzene rings is 1. The number of morpholine rings is 1. The first-order valence-corrected chi connectivity index (χ1v) is 6.99. The van der Waals surface area contributed by atoms with Crippen LogP contribution in [0, 0.1) is 0 Å². The molecule has 1 aromatic carbocycles. The number of hydrogen-bond donors (Lipinski definition) is 3. The van der Waals surface area contributed by atoms with Crippen molar-refractivity contribution in [1.29, 1.82) is 0 Å². The molecular weight excluding hydrogens is 270 g/mol. The highest BCUT2D eigenvalue weighted by molar-refractivity contribution is 5.92. The van der Waals surface area contributed by atoms with Crippen molar-refractivity contribution >= 4 is 17.7 Å². The average molecular weight is 291 g/mol. The zero-order valence-electron chi connectivity index (χ0n) is 11.9. The Morgan fingerprint density at radius 1 is 1.43 bits per heavy atom. The maximum Gasteiger partial charge on any atom is 0.244 e. The van der Waals surface area contributed by atoms with Crippen molar-refractivity contribution in [2.45, 2.75) is 0 Å².